The molecule has 1 heterocycles. The molecule has 10 heteroatoms. The van der Waals surface area contributed by atoms with E-state index >= 15 is 0 Å². The first kappa shape index (κ1) is 22.3. The first-order valence-corrected chi connectivity index (χ1v) is 9.47. The molecule has 0 saturated carbocycles. The molecular weight excluding hydrogens is 414 g/mol. The van der Waals surface area contributed by atoms with Crippen LogP contribution in [0.2, 0.25) is 0 Å². The molecule has 0 fully saturated rings. The van der Waals surface area contributed by atoms with Gasteiger partial charge in [0.1, 0.15) is 5.75 Å². The molecule has 0 spiro atoms. The molecule has 3 rings (SSSR count). The van der Waals surface area contributed by atoms with Gasteiger partial charge in [0.25, 0.3) is 0 Å². The highest BCUT2D eigenvalue weighted by Crippen LogP contribution is 2.29. The second-order valence-corrected chi connectivity index (χ2v) is 6.53. The Hall–Kier alpha value is -3.40. The van der Waals surface area contributed by atoms with Gasteiger partial charge in [0.05, 0.1) is 5.69 Å². The summed E-state index contributed by atoms with van der Waals surface area (Å²) in [6.07, 6.45) is -6.13. The van der Waals surface area contributed by atoms with Crippen molar-refractivity contribution in [2.75, 3.05) is 23.7 Å². The van der Waals surface area contributed by atoms with E-state index < -0.39 is 18.3 Å². The first-order valence-electron chi connectivity index (χ1n) is 9.47. The summed E-state index contributed by atoms with van der Waals surface area (Å²) in [5, 5.41) is 6.14. The van der Waals surface area contributed by atoms with Crippen molar-refractivity contribution in [3.8, 4) is 17.0 Å². The molecule has 0 aliphatic carbocycles. The number of hydrogen-bond acceptors (Lipinski definition) is 6. The summed E-state index contributed by atoms with van der Waals surface area (Å²) in [6, 6.07) is 14.6. The molecule has 31 heavy (non-hydrogen) atoms. The van der Waals surface area contributed by atoms with Gasteiger partial charge in [-0.25, -0.2) is 9.97 Å². The van der Waals surface area contributed by atoms with E-state index in [0.717, 1.165) is 36.3 Å². The van der Waals surface area contributed by atoms with Crippen molar-refractivity contribution in [3.05, 3.63) is 60.8 Å². The van der Waals surface area contributed by atoms with Crippen molar-refractivity contribution in [2.24, 2.45) is 5.73 Å². The number of rotatable bonds is 10. The molecule has 4 N–H and O–H groups in total. The van der Waals surface area contributed by atoms with E-state index in [0.29, 0.717) is 17.9 Å². The van der Waals surface area contributed by atoms with Crippen molar-refractivity contribution in [1.82, 2.24) is 9.97 Å². The molecule has 0 radical (unpaired) electrons. The predicted octanol–water partition coefficient (Wildman–Crippen LogP) is 4.88. The summed E-state index contributed by atoms with van der Waals surface area (Å²) in [5.41, 5.74) is 8.21. The third-order valence-corrected chi connectivity index (χ3v) is 4.12. The van der Waals surface area contributed by atoms with Gasteiger partial charge in [0, 0.05) is 35.7 Å². The largest absolute Gasteiger partial charge is 0.461 e. The SMILES string of the molecule is NCCCNc1cccc(-c2ccnc(Nc3cccc(OC(F)(F)C(F)F)c3)n2)c1. The number of anilines is 3. The van der Waals surface area contributed by atoms with Crippen molar-refractivity contribution in [2.45, 2.75) is 19.0 Å². The van der Waals surface area contributed by atoms with Crippen LogP contribution in [0.3, 0.4) is 0 Å². The highest BCUT2D eigenvalue weighted by atomic mass is 19.3. The number of nitrogens with two attached hydrogens (primary N) is 1. The molecule has 0 saturated heterocycles. The Bertz CT molecular complexity index is 1000. The van der Waals surface area contributed by atoms with Gasteiger partial charge in [-0.1, -0.05) is 18.2 Å². The van der Waals surface area contributed by atoms with Gasteiger partial charge in [-0.15, -0.1) is 0 Å². The van der Waals surface area contributed by atoms with Crippen LogP contribution in [0.4, 0.5) is 34.9 Å². The molecule has 0 aliphatic heterocycles. The predicted molar refractivity (Wildman–Crippen MR) is 111 cm³/mol. The second-order valence-electron chi connectivity index (χ2n) is 6.53. The number of nitrogens with one attached hydrogen (secondary N) is 2. The summed E-state index contributed by atoms with van der Waals surface area (Å²) >= 11 is 0. The fourth-order valence-electron chi connectivity index (χ4n) is 2.67. The Morgan fingerprint density at radius 2 is 1.81 bits per heavy atom. The lowest BCUT2D eigenvalue weighted by Crippen LogP contribution is -2.33. The fourth-order valence-corrected chi connectivity index (χ4v) is 2.67. The summed E-state index contributed by atoms with van der Waals surface area (Å²) in [5.74, 6) is -0.209. The summed E-state index contributed by atoms with van der Waals surface area (Å²) in [4.78, 5) is 8.54. The van der Waals surface area contributed by atoms with E-state index in [1.165, 1.54) is 6.07 Å². The normalized spacial score (nSPS) is 11.4. The minimum atomic E-state index is -4.59. The zero-order valence-electron chi connectivity index (χ0n) is 16.4. The van der Waals surface area contributed by atoms with Crippen molar-refractivity contribution in [3.63, 3.8) is 0 Å². The summed E-state index contributed by atoms with van der Waals surface area (Å²) in [6.45, 7) is 1.35. The van der Waals surface area contributed by atoms with Crippen molar-refractivity contribution in [1.29, 1.82) is 0 Å². The standard InChI is InChI=1S/C21H21F4N5O/c22-19(23)21(24,25)31-17-7-2-6-16(13-17)29-20-28-11-8-18(30-20)14-4-1-5-15(12-14)27-10-3-9-26/h1-2,4-8,11-13,19,27H,3,9-10,26H2,(H,28,29,30). The van der Waals surface area contributed by atoms with E-state index in [1.807, 2.05) is 24.3 Å². The molecule has 164 valence electrons. The fraction of sp³-hybridized carbons (Fsp3) is 0.238. The maximum atomic E-state index is 13.1. The van der Waals surface area contributed by atoms with Crippen molar-refractivity contribution < 1.29 is 22.3 Å². The molecule has 0 aliphatic rings. The minimum absolute atomic E-state index is 0.205. The van der Waals surface area contributed by atoms with Gasteiger partial charge in [-0.05, 0) is 43.3 Å². The Balaban J connectivity index is 1.74. The third-order valence-electron chi connectivity index (χ3n) is 4.12. The van der Waals surface area contributed by atoms with Crippen LogP contribution in [0.1, 0.15) is 6.42 Å². The molecule has 1 aromatic heterocycles. The van der Waals surface area contributed by atoms with Crippen LogP contribution in [-0.2, 0) is 0 Å². The molecular formula is C21H21F4N5O. The lowest BCUT2D eigenvalue weighted by Gasteiger charge is -2.17. The lowest BCUT2D eigenvalue weighted by molar-refractivity contribution is -0.253. The van der Waals surface area contributed by atoms with Crippen LogP contribution < -0.4 is 21.1 Å². The van der Waals surface area contributed by atoms with E-state index in [9.17, 15) is 17.6 Å². The number of hydrogen-bond donors (Lipinski definition) is 3. The van der Waals surface area contributed by atoms with E-state index in [-0.39, 0.29) is 5.95 Å². The zero-order chi connectivity index (χ0) is 22.3. The zero-order valence-corrected chi connectivity index (χ0v) is 16.4. The van der Waals surface area contributed by atoms with Crippen LogP contribution in [0.5, 0.6) is 5.75 Å². The first-order chi connectivity index (χ1) is 14.9. The van der Waals surface area contributed by atoms with Gasteiger partial charge in [0.15, 0.2) is 0 Å². The maximum absolute atomic E-state index is 13.1. The molecule has 6 nitrogen and oxygen atoms in total. The van der Waals surface area contributed by atoms with Crippen LogP contribution in [-0.4, -0.2) is 35.6 Å². The topological polar surface area (TPSA) is 85.1 Å². The lowest BCUT2D eigenvalue weighted by atomic mass is 10.1. The summed E-state index contributed by atoms with van der Waals surface area (Å²) in [7, 11) is 0. The van der Waals surface area contributed by atoms with Crippen LogP contribution in [0.25, 0.3) is 11.3 Å². The van der Waals surface area contributed by atoms with E-state index in [2.05, 4.69) is 25.3 Å². The highest BCUT2D eigenvalue weighted by Gasteiger charge is 2.43. The van der Waals surface area contributed by atoms with Crippen molar-refractivity contribution >= 4 is 17.3 Å². The number of ether oxygens (including phenoxy) is 1. The van der Waals surface area contributed by atoms with Gasteiger partial charge < -0.3 is 21.1 Å². The number of alkyl halides is 4. The van der Waals surface area contributed by atoms with E-state index in [4.69, 9.17) is 5.73 Å². The average Bonchev–Trinajstić information content (AvgIpc) is 2.74. The Kier molecular flexibility index (Phi) is 7.24. The minimum Gasteiger partial charge on any atom is -0.428 e. The number of benzene rings is 2. The summed E-state index contributed by atoms with van der Waals surface area (Å²) < 4.78 is 55.1. The molecule has 3 aromatic rings. The molecule has 0 amide bonds. The number of halogens is 4. The quantitative estimate of drug-likeness (QED) is 0.311. The second kappa shape index (κ2) is 10.1. The van der Waals surface area contributed by atoms with Gasteiger partial charge >= 0.3 is 12.5 Å². The average molecular weight is 435 g/mol. The monoisotopic (exact) mass is 435 g/mol. The Labute approximate surface area is 176 Å². The van der Waals surface area contributed by atoms with Crippen LogP contribution >= 0.6 is 0 Å². The smallest absolute Gasteiger partial charge is 0.428 e. The Morgan fingerprint density at radius 1 is 1.03 bits per heavy atom. The van der Waals surface area contributed by atoms with Gasteiger partial charge in [-0.3, -0.25) is 0 Å². The third kappa shape index (κ3) is 6.29. The van der Waals surface area contributed by atoms with Gasteiger partial charge in [0.2, 0.25) is 5.95 Å². The number of nitrogens with zero attached hydrogens (tertiary/aromatic N) is 2. The number of aromatic nitrogens is 2. The van der Waals surface area contributed by atoms with Gasteiger partial charge in [-0.2, -0.15) is 17.6 Å². The highest BCUT2D eigenvalue weighted by molar-refractivity contribution is 5.66. The molecule has 0 atom stereocenters. The van der Waals surface area contributed by atoms with Crippen LogP contribution in [0.15, 0.2) is 60.8 Å². The maximum Gasteiger partial charge on any atom is 0.461 e. The molecule has 0 bridgehead atoms. The molecule has 0 unspecified atom stereocenters. The van der Waals surface area contributed by atoms with Crippen LogP contribution in [0, 0.1) is 0 Å². The molecule has 2 aromatic carbocycles. The van der Waals surface area contributed by atoms with E-state index in [1.54, 1.807) is 18.3 Å². The Morgan fingerprint density at radius 3 is 2.58 bits per heavy atom.